The standard InChI is InChI=1S/C24H22N4O5S/c1-13-25-26-24(34-13)28-19(14-5-7-16(8-6-14)22(31)27(2)3)18(21(30)23(28)32)20(29)15-9-11-17(33-4)12-10-15/h5-12,19,29H,1-4H3/b20-18+. The third-order valence-electron chi connectivity index (χ3n) is 5.41. The Kier molecular flexibility index (Phi) is 6.16. The lowest BCUT2D eigenvalue weighted by Gasteiger charge is -2.23. The minimum Gasteiger partial charge on any atom is -0.507 e. The van der Waals surface area contributed by atoms with E-state index >= 15 is 0 Å². The molecule has 9 nitrogen and oxygen atoms in total. The molecule has 0 spiro atoms. The minimum absolute atomic E-state index is 0.0743. The first-order valence-corrected chi connectivity index (χ1v) is 11.1. The van der Waals surface area contributed by atoms with Gasteiger partial charge >= 0.3 is 5.91 Å². The number of aromatic nitrogens is 2. The van der Waals surface area contributed by atoms with Crippen molar-refractivity contribution in [2.75, 3.05) is 26.1 Å². The van der Waals surface area contributed by atoms with Crippen molar-refractivity contribution < 1.29 is 24.2 Å². The molecule has 1 fully saturated rings. The fraction of sp³-hybridized carbons (Fsp3) is 0.208. The second kappa shape index (κ2) is 9.06. The van der Waals surface area contributed by atoms with E-state index in [4.69, 9.17) is 4.74 Å². The van der Waals surface area contributed by atoms with Gasteiger partial charge < -0.3 is 14.7 Å². The lowest BCUT2D eigenvalue weighted by molar-refractivity contribution is -0.132. The quantitative estimate of drug-likeness (QED) is 0.340. The number of Topliss-reactive ketones (excluding diaryl/α,β-unsaturated/α-hetero) is 1. The minimum atomic E-state index is -0.946. The van der Waals surface area contributed by atoms with Gasteiger partial charge in [0.15, 0.2) is 0 Å². The lowest BCUT2D eigenvalue weighted by atomic mass is 9.94. The molecule has 174 valence electrons. The van der Waals surface area contributed by atoms with Crippen molar-refractivity contribution in [1.82, 2.24) is 15.1 Å². The summed E-state index contributed by atoms with van der Waals surface area (Å²) in [5, 5.41) is 20.0. The molecule has 0 aliphatic carbocycles. The Hall–Kier alpha value is -4.05. The number of ketones is 1. The van der Waals surface area contributed by atoms with Crippen molar-refractivity contribution in [3.8, 4) is 5.75 Å². The number of methoxy groups -OCH3 is 1. The number of aryl methyl sites for hydroxylation is 1. The average molecular weight is 479 g/mol. The van der Waals surface area contributed by atoms with Crippen LogP contribution in [0.25, 0.3) is 5.76 Å². The Labute approximate surface area is 199 Å². The zero-order chi connectivity index (χ0) is 24.6. The second-order valence-electron chi connectivity index (χ2n) is 7.82. The molecule has 0 saturated carbocycles. The van der Waals surface area contributed by atoms with Crippen LogP contribution >= 0.6 is 11.3 Å². The molecule has 1 aliphatic rings. The molecule has 2 aromatic carbocycles. The maximum absolute atomic E-state index is 13.1. The van der Waals surface area contributed by atoms with E-state index in [0.717, 1.165) is 11.3 Å². The van der Waals surface area contributed by atoms with Crippen molar-refractivity contribution in [3.05, 3.63) is 75.8 Å². The molecule has 1 unspecified atom stereocenters. The molecule has 2 heterocycles. The number of nitrogens with zero attached hydrogens (tertiary/aromatic N) is 4. The maximum Gasteiger partial charge on any atom is 0.301 e. The number of hydrogen-bond donors (Lipinski definition) is 1. The molecule has 10 heteroatoms. The van der Waals surface area contributed by atoms with E-state index in [1.165, 1.54) is 16.9 Å². The number of carbonyl (C=O) groups is 3. The summed E-state index contributed by atoms with van der Waals surface area (Å²) in [4.78, 5) is 41.2. The lowest BCUT2D eigenvalue weighted by Crippen LogP contribution is -2.29. The fourth-order valence-corrected chi connectivity index (χ4v) is 4.41. The van der Waals surface area contributed by atoms with E-state index < -0.39 is 17.7 Å². The van der Waals surface area contributed by atoms with Crippen LogP contribution in [0.2, 0.25) is 0 Å². The number of ether oxygens (including phenoxy) is 1. The molecule has 4 rings (SSSR count). The molecule has 2 amide bonds. The highest BCUT2D eigenvalue weighted by Crippen LogP contribution is 2.43. The number of benzene rings is 2. The van der Waals surface area contributed by atoms with Crippen LogP contribution in [0.1, 0.15) is 32.5 Å². The van der Waals surface area contributed by atoms with E-state index in [1.54, 1.807) is 69.6 Å². The highest BCUT2D eigenvalue weighted by Gasteiger charge is 2.48. The molecular weight excluding hydrogens is 456 g/mol. The van der Waals surface area contributed by atoms with Crippen molar-refractivity contribution in [1.29, 1.82) is 0 Å². The van der Waals surface area contributed by atoms with E-state index in [1.807, 2.05) is 0 Å². The van der Waals surface area contributed by atoms with Gasteiger partial charge in [-0.1, -0.05) is 23.5 Å². The van der Waals surface area contributed by atoms with Gasteiger partial charge in [0.25, 0.3) is 11.7 Å². The largest absolute Gasteiger partial charge is 0.507 e. The number of hydrogen-bond acceptors (Lipinski definition) is 8. The normalized spacial score (nSPS) is 17.2. The molecule has 1 saturated heterocycles. The van der Waals surface area contributed by atoms with Crippen LogP contribution in [-0.2, 0) is 9.59 Å². The van der Waals surface area contributed by atoms with Gasteiger partial charge in [0.2, 0.25) is 5.13 Å². The first-order valence-electron chi connectivity index (χ1n) is 10.3. The predicted octanol–water partition coefficient (Wildman–Crippen LogP) is 3.18. The molecule has 0 radical (unpaired) electrons. The molecule has 0 bridgehead atoms. The SMILES string of the molecule is COc1ccc(/C(O)=C2\C(=O)C(=O)N(c3nnc(C)s3)C2c2ccc(C(=O)N(C)C)cc2)cc1. The van der Waals surface area contributed by atoms with E-state index in [2.05, 4.69) is 10.2 Å². The summed E-state index contributed by atoms with van der Waals surface area (Å²) in [6, 6.07) is 12.1. The molecule has 1 aliphatic heterocycles. The molecule has 1 N–H and O–H groups in total. The summed E-state index contributed by atoms with van der Waals surface area (Å²) in [5.74, 6) is -1.56. The van der Waals surface area contributed by atoms with Crippen LogP contribution in [0.3, 0.4) is 0 Å². The zero-order valence-corrected chi connectivity index (χ0v) is 19.8. The summed E-state index contributed by atoms with van der Waals surface area (Å²) >= 11 is 1.16. The molecular formula is C24H22N4O5S. The molecule has 1 atom stereocenters. The highest BCUT2D eigenvalue weighted by molar-refractivity contribution is 7.15. The first-order chi connectivity index (χ1) is 16.2. The van der Waals surface area contributed by atoms with Gasteiger partial charge in [-0.2, -0.15) is 0 Å². The number of aliphatic hydroxyl groups is 1. The number of anilines is 1. The Morgan fingerprint density at radius 3 is 2.18 bits per heavy atom. The average Bonchev–Trinajstić information content (AvgIpc) is 3.38. The summed E-state index contributed by atoms with van der Waals surface area (Å²) in [7, 11) is 4.82. The van der Waals surface area contributed by atoms with Crippen LogP contribution in [0.15, 0.2) is 54.1 Å². The maximum atomic E-state index is 13.1. The summed E-state index contributed by atoms with van der Waals surface area (Å²) in [6.45, 7) is 1.74. The Morgan fingerprint density at radius 1 is 1.03 bits per heavy atom. The van der Waals surface area contributed by atoms with E-state index in [9.17, 15) is 19.5 Å². The molecule has 3 aromatic rings. The van der Waals surface area contributed by atoms with Gasteiger partial charge in [-0.15, -0.1) is 10.2 Å². The Balaban J connectivity index is 1.87. The second-order valence-corrected chi connectivity index (χ2v) is 8.98. The number of rotatable bonds is 5. The topological polar surface area (TPSA) is 113 Å². The van der Waals surface area contributed by atoms with Crippen LogP contribution in [0, 0.1) is 6.92 Å². The van der Waals surface area contributed by atoms with Gasteiger partial charge in [-0.05, 0) is 48.9 Å². The third-order valence-corrected chi connectivity index (χ3v) is 6.25. The van der Waals surface area contributed by atoms with Crippen molar-refractivity contribution in [2.45, 2.75) is 13.0 Å². The number of amides is 2. The Morgan fingerprint density at radius 2 is 1.65 bits per heavy atom. The van der Waals surface area contributed by atoms with Crippen LogP contribution in [0.5, 0.6) is 5.75 Å². The fourth-order valence-electron chi connectivity index (χ4n) is 3.70. The van der Waals surface area contributed by atoms with Crippen LogP contribution in [-0.4, -0.2) is 59.0 Å². The van der Waals surface area contributed by atoms with Crippen molar-refractivity contribution in [2.24, 2.45) is 0 Å². The van der Waals surface area contributed by atoms with Crippen LogP contribution in [0.4, 0.5) is 5.13 Å². The van der Waals surface area contributed by atoms with Gasteiger partial charge in [-0.3, -0.25) is 19.3 Å². The van der Waals surface area contributed by atoms with Crippen molar-refractivity contribution >= 4 is 39.8 Å². The van der Waals surface area contributed by atoms with Gasteiger partial charge in [0.1, 0.15) is 16.5 Å². The smallest absolute Gasteiger partial charge is 0.301 e. The first kappa shape index (κ1) is 23.1. The van der Waals surface area contributed by atoms with Gasteiger partial charge in [0, 0.05) is 25.2 Å². The number of aliphatic hydroxyl groups excluding tert-OH is 1. The van der Waals surface area contributed by atoms with E-state index in [-0.39, 0.29) is 22.4 Å². The molecule has 1 aromatic heterocycles. The Bertz CT molecular complexity index is 1300. The summed E-state index contributed by atoms with van der Waals surface area (Å²) < 4.78 is 5.16. The molecule has 34 heavy (non-hydrogen) atoms. The highest BCUT2D eigenvalue weighted by atomic mass is 32.1. The van der Waals surface area contributed by atoms with Crippen molar-refractivity contribution in [3.63, 3.8) is 0 Å². The summed E-state index contributed by atoms with van der Waals surface area (Å²) in [5.41, 5.74) is 1.27. The van der Waals surface area contributed by atoms with Gasteiger partial charge in [0.05, 0.1) is 18.7 Å². The monoisotopic (exact) mass is 478 g/mol. The van der Waals surface area contributed by atoms with Crippen LogP contribution < -0.4 is 9.64 Å². The predicted molar refractivity (Wildman–Crippen MR) is 127 cm³/mol. The summed E-state index contributed by atoms with van der Waals surface area (Å²) in [6.07, 6.45) is 0. The number of carbonyl (C=O) groups excluding carboxylic acids is 3. The van der Waals surface area contributed by atoms with Gasteiger partial charge in [-0.25, -0.2) is 0 Å². The zero-order valence-electron chi connectivity index (χ0n) is 19.0. The van der Waals surface area contributed by atoms with E-state index in [0.29, 0.717) is 27.4 Å². The third kappa shape index (κ3) is 4.03.